The Labute approximate surface area is 204 Å². The second-order valence-corrected chi connectivity index (χ2v) is 10.1. The van der Waals surface area contributed by atoms with E-state index in [9.17, 15) is 13.2 Å². The lowest BCUT2D eigenvalue weighted by Gasteiger charge is -2.26. The fourth-order valence-electron chi connectivity index (χ4n) is 3.05. The molecule has 1 unspecified atom stereocenters. The molecule has 0 spiro atoms. The quantitative estimate of drug-likeness (QED) is 0.438. The molecule has 9 heteroatoms. The van der Waals surface area contributed by atoms with Crippen molar-refractivity contribution in [2.75, 3.05) is 17.5 Å². The Balaban J connectivity index is 1.77. The van der Waals surface area contributed by atoms with Crippen LogP contribution in [-0.2, 0) is 14.8 Å². The molecule has 3 aromatic carbocycles. The molecule has 33 heavy (non-hydrogen) atoms. The second-order valence-electron chi connectivity index (χ2n) is 7.49. The summed E-state index contributed by atoms with van der Waals surface area (Å²) in [6.07, 6.45) is 0. The molecule has 1 N–H and O–H groups in total. The van der Waals surface area contributed by atoms with Gasteiger partial charge in [0.15, 0.2) is 0 Å². The molecule has 0 radical (unpaired) electrons. The molecule has 0 aliphatic carbocycles. The van der Waals surface area contributed by atoms with Crippen molar-refractivity contribution in [3.63, 3.8) is 0 Å². The lowest BCUT2D eigenvalue weighted by atomic mass is 10.2. The fraction of sp³-hybridized carbons (Fsp3) is 0.208. The van der Waals surface area contributed by atoms with E-state index in [4.69, 9.17) is 27.9 Å². The summed E-state index contributed by atoms with van der Waals surface area (Å²) in [5.74, 6) is 0.172. The molecule has 1 amide bonds. The molecule has 6 nitrogen and oxygen atoms in total. The van der Waals surface area contributed by atoms with Gasteiger partial charge in [-0.25, -0.2) is 8.42 Å². The smallest absolute Gasteiger partial charge is 0.264 e. The van der Waals surface area contributed by atoms with Gasteiger partial charge in [-0.2, -0.15) is 0 Å². The van der Waals surface area contributed by atoms with Gasteiger partial charge in [-0.3, -0.25) is 9.10 Å². The zero-order valence-electron chi connectivity index (χ0n) is 18.2. The molecule has 0 saturated heterocycles. The molecule has 0 fully saturated rings. The van der Waals surface area contributed by atoms with Crippen molar-refractivity contribution in [1.29, 1.82) is 0 Å². The highest BCUT2D eigenvalue weighted by atomic mass is 35.5. The van der Waals surface area contributed by atoms with Crippen molar-refractivity contribution in [2.24, 2.45) is 0 Å². The minimum absolute atomic E-state index is 0.0320. The number of hydrogen-bond acceptors (Lipinski definition) is 4. The third-order valence-electron chi connectivity index (χ3n) is 4.75. The maximum Gasteiger partial charge on any atom is 0.264 e. The number of benzene rings is 3. The standard InChI is InChI=1S/C24H24Cl2N2O4S/c1-17-11-13-19(14-12-17)32-16-18(2)27-23(29)15-28(22-10-6-9-21(25)24(22)26)33(30,31)20-7-4-3-5-8-20/h3-14,18H,15-16H2,1-2H3,(H,27,29). The number of nitrogens with zero attached hydrogens (tertiary/aromatic N) is 1. The second kappa shape index (κ2) is 10.9. The van der Waals surface area contributed by atoms with E-state index >= 15 is 0 Å². The lowest BCUT2D eigenvalue weighted by Crippen LogP contribution is -2.45. The number of carbonyl (C=O) groups is 1. The predicted molar refractivity (Wildman–Crippen MR) is 132 cm³/mol. The average molecular weight is 507 g/mol. The summed E-state index contributed by atoms with van der Waals surface area (Å²) in [6.45, 7) is 3.49. The Morgan fingerprint density at radius 1 is 1.00 bits per heavy atom. The Morgan fingerprint density at radius 2 is 1.67 bits per heavy atom. The van der Waals surface area contributed by atoms with Crippen LogP contribution in [0.25, 0.3) is 0 Å². The van der Waals surface area contributed by atoms with Gasteiger partial charge < -0.3 is 10.1 Å². The number of ether oxygens (including phenoxy) is 1. The number of sulfonamides is 1. The van der Waals surface area contributed by atoms with Crippen molar-refractivity contribution in [2.45, 2.75) is 24.8 Å². The monoisotopic (exact) mass is 506 g/mol. The molecule has 3 rings (SSSR count). The summed E-state index contributed by atoms with van der Waals surface area (Å²) in [4.78, 5) is 12.9. The van der Waals surface area contributed by atoms with Crippen LogP contribution in [0, 0.1) is 6.92 Å². The van der Waals surface area contributed by atoms with Crippen LogP contribution < -0.4 is 14.4 Å². The van der Waals surface area contributed by atoms with Gasteiger partial charge in [0.1, 0.15) is 18.9 Å². The van der Waals surface area contributed by atoms with E-state index in [1.54, 1.807) is 37.3 Å². The van der Waals surface area contributed by atoms with Crippen LogP contribution >= 0.6 is 23.2 Å². The van der Waals surface area contributed by atoms with E-state index in [1.807, 2.05) is 31.2 Å². The summed E-state index contributed by atoms with van der Waals surface area (Å²) < 4.78 is 33.4. The van der Waals surface area contributed by atoms with E-state index in [0.717, 1.165) is 9.87 Å². The number of rotatable bonds is 9. The maximum atomic E-state index is 13.4. The molecule has 0 heterocycles. The first-order valence-corrected chi connectivity index (χ1v) is 12.4. The van der Waals surface area contributed by atoms with E-state index in [2.05, 4.69) is 5.32 Å². The van der Waals surface area contributed by atoms with Gasteiger partial charge in [0.2, 0.25) is 5.91 Å². The number of amides is 1. The van der Waals surface area contributed by atoms with Gasteiger partial charge in [-0.05, 0) is 50.2 Å². The zero-order valence-corrected chi connectivity index (χ0v) is 20.5. The lowest BCUT2D eigenvalue weighted by molar-refractivity contribution is -0.120. The van der Waals surface area contributed by atoms with E-state index in [1.165, 1.54) is 18.2 Å². The molecule has 3 aromatic rings. The highest BCUT2D eigenvalue weighted by molar-refractivity contribution is 7.92. The fourth-order valence-corrected chi connectivity index (χ4v) is 4.95. The summed E-state index contributed by atoms with van der Waals surface area (Å²) >= 11 is 12.4. The minimum Gasteiger partial charge on any atom is -0.491 e. The molecule has 0 bridgehead atoms. The highest BCUT2D eigenvalue weighted by Crippen LogP contribution is 2.35. The normalized spacial score (nSPS) is 12.1. The van der Waals surface area contributed by atoms with E-state index < -0.39 is 22.5 Å². The van der Waals surface area contributed by atoms with E-state index in [-0.39, 0.29) is 33.3 Å². The van der Waals surface area contributed by atoms with Gasteiger partial charge in [0, 0.05) is 0 Å². The maximum absolute atomic E-state index is 13.4. The number of nitrogens with one attached hydrogen (secondary N) is 1. The Bertz CT molecular complexity index is 1200. The largest absolute Gasteiger partial charge is 0.491 e. The van der Waals surface area contributed by atoms with Crippen molar-refractivity contribution in [3.05, 3.63) is 88.4 Å². The van der Waals surface area contributed by atoms with Gasteiger partial charge in [-0.1, -0.05) is 65.2 Å². The first-order valence-electron chi connectivity index (χ1n) is 10.2. The molecular formula is C24H24Cl2N2O4S. The summed E-state index contributed by atoms with van der Waals surface area (Å²) in [5.41, 5.74) is 1.23. The Kier molecular flexibility index (Phi) is 8.24. The highest BCUT2D eigenvalue weighted by Gasteiger charge is 2.29. The molecule has 1 atom stereocenters. The number of anilines is 1. The van der Waals surface area contributed by atoms with E-state index in [0.29, 0.717) is 5.75 Å². The van der Waals surface area contributed by atoms with Crippen LogP contribution in [0.5, 0.6) is 5.75 Å². The number of carbonyl (C=O) groups excluding carboxylic acids is 1. The molecule has 0 aliphatic rings. The number of aryl methyl sites for hydroxylation is 1. The predicted octanol–water partition coefficient (Wildman–Crippen LogP) is 5.08. The van der Waals surface area contributed by atoms with Crippen molar-refractivity contribution < 1.29 is 17.9 Å². The summed E-state index contributed by atoms with van der Waals surface area (Å²) in [6, 6.07) is 19.6. The van der Waals surface area contributed by atoms with Gasteiger partial charge in [0.05, 0.1) is 26.7 Å². The van der Waals surface area contributed by atoms with Crippen molar-refractivity contribution in [3.8, 4) is 5.75 Å². The zero-order chi connectivity index (χ0) is 24.0. The van der Waals surface area contributed by atoms with Crippen LogP contribution in [0.15, 0.2) is 77.7 Å². The van der Waals surface area contributed by atoms with Gasteiger partial charge in [0.25, 0.3) is 10.0 Å². The summed E-state index contributed by atoms with van der Waals surface area (Å²) in [7, 11) is -4.09. The number of halogens is 2. The third kappa shape index (κ3) is 6.41. The van der Waals surface area contributed by atoms with Crippen LogP contribution in [-0.4, -0.2) is 33.5 Å². The molecular weight excluding hydrogens is 483 g/mol. The van der Waals surface area contributed by atoms with Crippen LogP contribution in [0.1, 0.15) is 12.5 Å². The molecule has 174 valence electrons. The summed E-state index contributed by atoms with van der Waals surface area (Å²) in [5, 5.41) is 3.00. The van der Waals surface area contributed by atoms with Crippen LogP contribution in [0.3, 0.4) is 0 Å². The van der Waals surface area contributed by atoms with Gasteiger partial charge >= 0.3 is 0 Å². The first kappa shape index (κ1) is 24.9. The first-order chi connectivity index (χ1) is 15.7. The third-order valence-corrected chi connectivity index (χ3v) is 7.33. The minimum atomic E-state index is -4.09. The van der Waals surface area contributed by atoms with Gasteiger partial charge in [-0.15, -0.1) is 0 Å². The van der Waals surface area contributed by atoms with Crippen LogP contribution in [0.2, 0.25) is 10.0 Å². The molecule has 0 aliphatic heterocycles. The number of hydrogen-bond donors (Lipinski definition) is 1. The average Bonchev–Trinajstić information content (AvgIpc) is 2.79. The molecule has 0 saturated carbocycles. The van der Waals surface area contributed by atoms with Crippen molar-refractivity contribution >= 4 is 44.8 Å². The topological polar surface area (TPSA) is 75.7 Å². The molecule has 0 aromatic heterocycles. The van der Waals surface area contributed by atoms with Crippen molar-refractivity contribution in [1.82, 2.24) is 5.32 Å². The Morgan fingerprint density at radius 3 is 2.33 bits per heavy atom. The van der Waals surface area contributed by atoms with Crippen LogP contribution in [0.4, 0.5) is 5.69 Å². The SMILES string of the molecule is Cc1ccc(OCC(C)NC(=O)CN(c2cccc(Cl)c2Cl)S(=O)(=O)c2ccccc2)cc1. The Hall–Kier alpha value is -2.74.